The Kier molecular flexibility index (Phi) is 3.27. The van der Waals surface area contributed by atoms with Crippen LogP contribution in [0.1, 0.15) is 30.4 Å². The van der Waals surface area contributed by atoms with Crippen LogP contribution in [0.3, 0.4) is 0 Å². The summed E-state index contributed by atoms with van der Waals surface area (Å²) >= 11 is 0. The molecule has 1 aliphatic heterocycles. The molecular weight excluding hydrogens is 224 g/mol. The molecule has 1 saturated heterocycles. The van der Waals surface area contributed by atoms with Crippen molar-refractivity contribution in [1.29, 1.82) is 0 Å². The Morgan fingerprint density at radius 3 is 2.89 bits per heavy atom. The molecule has 0 aromatic heterocycles. The van der Waals surface area contributed by atoms with E-state index in [0.717, 1.165) is 29.8 Å². The minimum absolute atomic E-state index is 0.540. The second-order valence-electron chi connectivity index (χ2n) is 5.61. The topological polar surface area (TPSA) is 38.5 Å². The van der Waals surface area contributed by atoms with Crippen molar-refractivity contribution in [2.24, 2.45) is 11.7 Å². The van der Waals surface area contributed by atoms with E-state index in [4.69, 9.17) is 10.5 Å². The third kappa shape index (κ3) is 2.13. The zero-order chi connectivity index (χ0) is 12.5. The maximum Gasteiger partial charge on any atom is 0.123 e. The molecule has 1 saturated carbocycles. The lowest BCUT2D eigenvalue weighted by Gasteiger charge is -2.27. The van der Waals surface area contributed by atoms with Gasteiger partial charge in [-0.1, -0.05) is 12.1 Å². The molecule has 18 heavy (non-hydrogen) atoms. The third-order valence-electron chi connectivity index (χ3n) is 4.48. The number of fused-ring (bicyclic) bond motifs is 2. The smallest absolute Gasteiger partial charge is 0.123 e. The molecule has 2 bridgehead atoms. The average molecular weight is 246 g/mol. The second-order valence-corrected chi connectivity index (χ2v) is 5.61. The van der Waals surface area contributed by atoms with E-state index >= 15 is 0 Å². The number of rotatable bonds is 4. The quantitative estimate of drug-likeness (QED) is 0.884. The van der Waals surface area contributed by atoms with Crippen molar-refractivity contribution in [3.8, 4) is 5.75 Å². The number of hydrogen-bond acceptors (Lipinski definition) is 3. The van der Waals surface area contributed by atoms with Gasteiger partial charge in [0.15, 0.2) is 0 Å². The first-order valence-electron chi connectivity index (χ1n) is 6.90. The molecule has 2 unspecified atom stereocenters. The van der Waals surface area contributed by atoms with Crippen LogP contribution in [0.2, 0.25) is 0 Å². The van der Waals surface area contributed by atoms with Crippen LogP contribution >= 0.6 is 0 Å². The third-order valence-corrected chi connectivity index (χ3v) is 4.48. The van der Waals surface area contributed by atoms with Gasteiger partial charge in [0, 0.05) is 31.2 Å². The lowest BCUT2D eigenvalue weighted by Crippen LogP contribution is -2.31. The molecular formula is C15H22N2O. The molecule has 3 nitrogen and oxygen atoms in total. The first-order chi connectivity index (χ1) is 8.80. The molecule has 1 heterocycles. The van der Waals surface area contributed by atoms with Crippen LogP contribution in [0.25, 0.3) is 0 Å². The van der Waals surface area contributed by atoms with Crippen molar-refractivity contribution in [2.45, 2.75) is 38.4 Å². The molecule has 0 spiro atoms. The number of piperidine rings is 1. The Labute approximate surface area is 109 Å². The highest BCUT2D eigenvalue weighted by Crippen LogP contribution is 2.38. The zero-order valence-corrected chi connectivity index (χ0v) is 11.1. The van der Waals surface area contributed by atoms with E-state index in [9.17, 15) is 0 Å². The van der Waals surface area contributed by atoms with E-state index in [1.165, 1.54) is 31.4 Å². The summed E-state index contributed by atoms with van der Waals surface area (Å²) in [5.41, 5.74) is 8.13. The lowest BCUT2D eigenvalue weighted by atomic mass is 10.1. The van der Waals surface area contributed by atoms with Gasteiger partial charge in [0.1, 0.15) is 5.75 Å². The van der Waals surface area contributed by atoms with Gasteiger partial charge in [-0.3, -0.25) is 4.90 Å². The Hall–Kier alpha value is -1.06. The molecule has 1 aromatic carbocycles. The average Bonchev–Trinajstić information content (AvgIpc) is 3.01. The van der Waals surface area contributed by atoms with E-state index in [2.05, 4.69) is 23.1 Å². The number of hydrogen-bond donors (Lipinski definition) is 1. The van der Waals surface area contributed by atoms with Crippen molar-refractivity contribution >= 4 is 0 Å². The van der Waals surface area contributed by atoms with E-state index in [1.54, 1.807) is 7.11 Å². The van der Waals surface area contributed by atoms with Gasteiger partial charge in [0.25, 0.3) is 0 Å². The molecule has 3 heteroatoms. The molecule has 2 N–H and O–H groups in total. The summed E-state index contributed by atoms with van der Waals surface area (Å²) in [7, 11) is 1.72. The fraction of sp³-hybridized carbons (Fsp3) is 0.600. The van der Waals surface area contributed by atoms with Gasteiger partial charge in [-0.2, -0.15) is 0 Å². The predicted octanol–water partition coefficient (Wildman–Crippen LogP) is 2.14. The number of ether oxygens (including phenoxy) is 1. The molecule has 0 amide bonds. The van der Waals surface area contributed by atoms with E-state index < -0.39 is 0 Å². The van der Waals surface area contributed by atoms with Gasteiger partial charge in [-0.15, -0.1) is 0 Å². The molecule has 2 atom stereocenters. The molecule has 2 aliphatic rings. The Balaban J connectivity index is 1.73. The second kappa shape index (κ2) is 4.90. The Bertz CT molecular complexity index is 433. The van der Waals surface area contributed by atoms with Crippen LogP contribution in [0.4, 0.5) is 0 Å². The summed E-state index contributed by atoms with van der Waals surface area (Å²) in [6.45, 7) is 2.88. The van der Waals surface area contributed by atoms with Crippen molar-refractivity contribution in [3.05, 3.63) is 29.3 Å². The number of benzene rings is 1. The number of nitrogens with two attached hydrogens (primary N) is 1. The van der Waals surface area contributed by atoms with Gasteiger partial charge in [-0.05, 0) is 36.8 Å². The lowest BCUT2D eigenvalue weighted by molar-refractivity contribution is 0.205. The summed E-state index contributed by atoms with van der Waals surface area (Å²) in [5.74, 6) is 1.89. The van der Waals surface area contributed by atoms with Crippen LogP contribution in [-0.2, 0) is 13.1 Å². The van der Waals surface area contributed by atoms with Crippen LogP contribution in [0.5, 0.6) is 5.75 Å². The van der Waals surface area contributed by atoms with Crippen molar-refractivity contribution in [2.75, 3.05) is 13.7 Å². The number of methoxy groups -OCH3 is 1. The van der Waals surface area contributed by atoms with Crippen LogP contribution in [0, 0.1) is 5.92 Å². The van der Waals surface area contributed by atoms with Gasteiger partial charge >= 0.3 is 0 Å². The Morgan fingerprint density at radius 1 is 1.39 bits per heavy atom. The van der Waals surface area contributed by atoms with E-state index in [1.807, 2.05) is 0 Å². The summed E-state index contributed by atoms with van der Waals surface area (Å²) in [5, 5.41) is 0. The van der Waals surface area contributed by atoms with Crippen LogP contribution in [-0.4, -0.2) is 24.6 Å². The molecule has 1 aromatic rings. The van der Waals surface area contributed by atoms with E-state index in [0.29, 0.717) is 6.54 Å². The first-order valence-corrected chi connectivity index (χ1v) is 6.90. The standard InChI is InChI=1S/C15H22N2O/c1-18-15-7-12(2-4-13(15)8-16)10-17-9-11-3-5-14(17)6-11/h2,4,7,11,14H,3,5-6,8-10,16H2,1H3. The molecule has 2 fully saturated rings. The van der Waals surface area contributed by atoms with Gasteiger partial charge < -0.3 is 10.5 Å². The maximum absolute atomic E-state index is 5.70. The minimum atomic E-state index is 0.540. The van der Waals surface area contributed by atoms with Crippen molar-refractivity contribution in [3.63, 3.8) is 0 Å². The normalized spacial score (nSPS) is 26.8. The zero-order valence-electron chi connectivity index (χ0n) is 11.1. The first kappa shape index (κ1) is 12.0. The molecule has 1 aliphatic carbocycles. The molecule has 3 rings (SSSR count). The largest absolute Gasteiger partial charge is 0.496 e. The number of nitrogens with zero attached hydrogens (tertiary/aromatic N) is 1. The van der Waals surface area contributed by atoms with Crippen LogP contribution < -0.4 is 10.5 Å². The highest BCUT2D eigenvalue weighted by molar-refractivity contribution is 5.37. The van der Waals surface area contributed by atoms with Crippen LogP contribution in [0.15, 0.2) is 18.2 Å². The summed E-state index contributed by atoms with van der Waals surface area (Å²) in [6.07, 6.45) is 4.25. The fourth-order valence-corrected chi connectivity index (χ4v) is 3.51. The molecule has 98 valence electrons. The highest BCUT2D eigenvalue weighted by Gasteiger charge is 2.37. The van der Waals surface area contributed by atoms with E-state index in [-0.39, 0.29) is 0 Å². The van der Waals surface area contributed by atoms with Gasteiger partial charge in [0.2, 0.25) is 0 Å². The van der Waals surface area contributed by atoms with Gasteiger partial charge in [-0.25, -0.2) is 0 Å². The maximum atomic E-state index is 5.70. The number of likely N-dealkylation sites (tertiary alicyclic amines) is 1. The summed E-state index contributed by atoms with van der Waals surface area (Å²) < 4.78 is 5.40. The van der Waals surface area contributed by atoms with Gasteiger partial charge in [0.05, 0.1) is 7.11 Å². The molecule has 0 radical (unpaired) electrons. The summed E-state index contributed by atoms with van der Waals surface area (Å²) in [6, 6.07) is 7.27. The fourth-order valence-electron chi connectivity index (χ4n) is 3.51. The predicted molar refractivity (Wildman–Crippen MR) is 72.4 cm³/mol. The highest BCUT2D eigenvalue weighted by atomic mass is 16.5. The summed E-state index contributed by atoms with van der Waals surface area (Å²) in [4.78, 5) is 2.63. The monoisotopic (exact) mass is 246 g/mol. The van der Waals surface area contributed by atoms with Crippen molar-refractivity contribution < 1.29 is 4.74 Å². The minimum Gasteiger partial charge on any atom is -0.496 e. The SMILES string of the molecule is COc1cc(CN2CC3CCC2C3)ccc1CN. The Morgan fingerprint density at radius 2 is 2.28 bits per heavy atom. The van der Waals surface area contributed by atoms with Crippen molar-refractivity contribution in [1.82, 2.24) is 4.90 Å².